The van der Waals surface area contributed by atoms with E-state index in [1.165, 1.54) is 0 Å². The van der Waals surface area contributed by atoms with Gasteiger partial charge >= 0.3 is 0 Å². The summed E-state index contributed by atoms with van der Waals surface area (Å²) in [5, 5.41) is 9.14. The number of nitrogens with zero attached hydrogens (tertiary/aromatic N) is 2. The number of hydrogen-bond acceptors (Lipinski definition) is 5. The first-order valence-electron chi connectivity index (χ1n) is 8.40. The third-order valence-corrected chi connectivity index (χ3v) is 4.44. The topological polar surface area (TPSA) is 62.2 Å². The maximum atomic E-state index is 12.4. The normalized spacial score (nSPS) is 21.8. The molecule has 1 heterocycles. The van der Waals surface area contributed by atoms with Gasteiger partial charge in [-0.3, -0.25) is 9.69 Å². The number of hydrogen-bond donors (Lipinski definition) is 1. The smallest absolute Gasteiger partial charge is 0.248 e. The number of aliphatic hydroxyl groups excluding tert-OH is 1. The summed E-state index contributed by atoms with van der Waals surface area (Å²) < 4.78 is 10.8. The molecule has 0 unspecified atom stereocenters. The van der Waals surface area contributed by atoms with Crippen molar-refractivity contribution in [1.82, 2.24) is 9.80 Å². The SMILES string of the molecule is COc1cccc(COCC(=O)N2C[C@@H](C)N(CCO)[C@@H](C)C2)c1. The first kappa shape index (κ1) is 18.7. The highest BCUT2D eigenvalue weighted by Gasteiger charge is 2.31. The minimum atomic E-state index is 0.0141. The van der Waals surface area contributed by atoms with Crippen molar-refractivity contribution in [2.45, 2.75) is 32.5 Å². The van der Waals surface area contributed by atoms with Gasteiger partial charge in [-0.05, 0) is 31.5 Å². The maximum Gasteiger partial charge on any atom is 0.248 e. The number of amides is 1. The van der Waals surface area contributed by atoms with Crippen molar-refractivity contribution >= 4 is 5.91 Å². The first-order valence-corrected chi connectivity index (χ1v) is 8.40. The predicted octanol–water partition coefficient (Wildman–Crippen LogP) is 1.13. The van der Waals surface area contributed by atoms with Gasteiger partial charge < -0.3 is 19.5 Å². The van der Waals surface area contributed by atoms with E-state index in [-0.39, 0.29) is 31.2 Å². The quantitative estimate of drug-likeness (QED) is 0.809. The van der Waals surface area contributed by atoms with Crippen LogP contribution in [0, 0.1) is 0 Å². The van der Waals surface area contributed by atoms with Gasteiger partial charge in [-0.2, -0.15) is 0 Å². The summed E-state index contributed by atoms with van der Waals surface area (Å²) in [7, 11) is 1.63. The van der Waals surface area contributed by atoms with Crippen LogP contribution in [0.5, 0.6) is 5.75 Å². The molecule has 1 amide bonds. The molecule has 6 nitrogen and oxygen atoms in total. The fourth-order valence-corrected chi connectivity index (χ4v) is 3.23. The Morgan fingerprint density at radius 2 is 2.00 bits per heavy atom. The third kappa shape index (κ3) is 4.93. The Balaban J connectivity index is 1.80. The van der Waals surface area contributed by atoms with Crippen LogP contribution in [-0.2, 0) is 16.1 Å². The van der Waals surface area contributed by atoms with E-state index in [2.05, 4.69) is 18.7 Å². The van der Waals surface area contributed by atoms with Crippen LogP contribution in [0.2, 0.25) is 0 Å². The first-order chi connectivity index (χ1) is 11.5. The third-order valence-electron chi connectivity index (χ3n) is 4.44. The van der Waals surface area contributed by atoms with Crippen LogP contribution in [0.4, 0.5) is 0 Å². The predicted molar refractivity (Wildman–Crippen MR) is 91.9 cm³/mol. The monoisotopic (exact) mass is 336 g/mol. The summed E-state index contributed by atoms with van der Waals surface area (Å²) >= 11 is 0. The molecule has 1 aliphatic heterocycles. The molecule has 0 saturated carbocycles. The van der Waals surface area contributed by atoms with E-state index in [0.29, 0.717) is 26.2 Å². The van der Waals surface area contributed by atoms with Crippen molar-refractivity contribution in [3.63, 3.8) is 0 Å². The molecule has 2 atom stereocenters. The van der Waals surface area contributed by atoms with E-state index in [1.54, 1.807) is 7.11 Å². The average molecular weight is 336 g/mol. The molecule has 1 fully saturated rings. The van der Waals surface area contributed by atoms with Gasteiger partial charge in [0.2, 0.25) is 5.91 Å². The zero-order valence-electron chi connectivity index (χ0n) is 14.8. The van der Waals surface area contributed by atoms with Gasteiger partial charge in [0.05, 0.1) is 20.3 Å². The second-order valence-electron chi connectivity index (χ2n) is 6.30. The summed E-state index contributed by atoms with van der Waals surface area (Å²) in [5.41, 5.74) is 0.983. The molecular weight excluding hydrogens is 308 g/mol. The second-order valence-corrected chi connectivity index (χ2v) is 6.30. The number of carbonyl (C=O) groups is 1. The van der Waals surface area contributed by atoms with E-state index in [1.807, 2.05) is 29.2 Å². The molecule has 1 aromatic rings. The molecule has 24 heavy (non-hydrogen) atoms. The minimum absolute atomic E-state index is 0.0141. The molecule has 134 valence electrons. The average Bonchev–Trinajstić information content (AvgIpc) is 2.58. The highest BCUT2D eigenvalue weighted by atomic mass is 16.5. The summed E-state index contributed by atoms with van der Waals surface area (Å²) in [6, 6.07) is 8.12. The van der Waals surface area contributed by atoms with E-state index in [0.717, 1.165) is 11.3 Å². The van der Waals surface area contributed by atoms with Gasteiger partial charge in [-0.1, -0.05) is 12.1 Å². The van der Waals surface area contributed by atoms with Gasteiger partial charge in [0.15, 0.2) is 0 Å². The zero-order valence-corrected chi connectivity index (χ0v) is 14.8. The largest absolute Gasteiger partial charge is 0.497 e. The molecule has 1 N–H and O–H groups in total. The maximum absolute atomic E-state index is 12.4. The molecule has 1 saturated heterocycles. The molecule has 0 bridgehead atoms. The number of carbonyl (C=O) groups excluding carboxylic acids is 1. The number of aliphatic hydroxyl groups is 1. The van der Waals surface area contributed by atoms with E-state index in [4.69, 9.17) is 14.6 Å². The molecule has 2 rings (SSSR count). The zero-order chi connectivity index (χ0) is 17.5. The number of ether oxygens (including phenoxy) is 2. The summed E-state index contributed by atoms with van der Waals surface area (Å²) in [5.74, 6) is 0.797. The van der Waals surface area contributed by atoms with Gasteiger partial charge in [0.1, 0.15) is 12.4 Å². The highest BCUT2D eigenvalue weighted by molar-refractivity contribution is 5.77. The Kier molecular flexibility index (Phi) is 7.02. The van der Waals surface area contributed by atoms with Crippen LogP contribution in [-0.4, -0.2) is 72.9 Å². The number of rotatable bonds is 7. The Morgan fingerprint density at radius 1 is 1.29 bits per heavy atom. The number of piperazine rings is 1. The van der Waals surface area contributed by atoms with Crippen molar-refractivity contribution in [2.75, 3.05) is 40.0 Å². The standard InChI is InChI=1S/C18H28N2O4/c1-14-10-19(11-15(2)20(14)7-8-21)18(22)13-24-12-16-5-4-6-17(9-16)23-3/h4-6,9,14-15,21H,7-8,10-13H2,1-3H3/t14-,15+. The van der Waals surface area contributed by atoms with Gasteiger partial charge in [0, 0.05) is 31.7 Å². The minimum Gasteiger partial charge on any atom is -0.497 e. The number of β-amino-alcohol motifs (C(OH)–C–C–N with tert-alkyl or cyclic N) is 1. The van der Waals surface area contributed by atoms with Crippen LogP contribution in [0.3, 0.4) is 0 Å². The molecule has 1 aliphatic rings. The fourth-order valence-electron chi connectivity index (χ4n) is 3.23. The highest BCUT2D eigenvalue weighted by Crippen LogP contribution is 2.16. The van der Waals surface area contributed by atoms with E-state index in [9.17, 15) is 4.79 Å². The Bertz CT molecular complexity index is 526. The van der Waals surface area contributed by atoms with Crippen molar-refractivity contribution < 1.29 is 19.4 Å². The fraction of sp³-hybridized carbons (Fsp3) is 0.611. The van der Waals surface area contributed by atoms with E-state index >= 15 is 0 Å². The lowest BCUT2D eigenvalue weighted by Crippen LogP contribution is -2.59. The molecule has 6 heteroatoms. The van der Waals surface area contributed by atoms with Crippen molar-refractivity contribution in [2.24, 2.45) is 0 Å². The second kappa shape index (κ2) is 9.01. The molecule has 0 spiro atoms. The van der Waals surface area contributed by atoms with Crippen molar-refractivity contribution in [3.8, 4) is 5.75 Å². The summed E-state index contributed by atoms with van der Waals surface area (Å²) in [4.78, 5) is 16.5. The van der Waals surface area contributed by atoms with Crippen LogP contribution in [0.1, 0.15) is 19.4 Å². The van der Waals surface area contributed by atoms with Crippen LogP contribution in [0.25, 0.3) is 0 Å². The number of benzene rings is 1. The van der Waals surface area contributed by atoms with Gasteiger partial charge in [-0.15, -0.1) is 0 Å². The van der Waals surface area contributed by atoms with Crippen molar-refractivity contribution in [1.29, 1.82) is 0 Å². The summed E-state index contributed by atoms with van der Waals surface area (Å²) in [6.07, 6.45) is 0. The van der Waals surface area contributed by atoms with Crippen molar-refractivity contribution in [3.05, 3.63) is 29.8 Å². The van der Waals surface area contributed by atoms with Gasteiger partial charge in [0.25, 0.3) is 0 Å². The summed E-state index contributed by atoms with van der Waals surface area (Å²) in [6.45, 7) is 6.78. The number of methoxy groups -OCH3 is 1. The molecule has 1 aromatic carbocycles. The lowest BCUT2D eigenvalue weighted by Gasteiger charge is -2.44. The van der Waals surface area contributed by atoms with Crippen LogP contribution in [0.15, 0.2) is 24.3 Å². The molecule has 0 aliphatic carbocycles. The molecule has 0 aromatic heterocycles. The lowest BCUT2D eigenvalue weighted by atomic mass is 10.1. The molecule has 0 radical (unpaired) electrons. The Hall–Kier alpha value is -1.63. The van der Waals surface area contributed by atoms with E-state index < -0.39 is 0 Å². The van der Waals surface area contributed by atoms with Crippen LogP contribution < -0.4 is 4.74 Å². The lowest BCUT2D eigenvalue weighted by molar-refractivity contribution is -0.141. The Labute approximate surface area is 144 Å². The Morgan fingerprint density at radius 3 is 2.62 bits per heavy atom. The van der Waals surface area contributed by atoms with Gasteiger partial charge in [-0.25, -0.2) is 0 Å². The molecular formula is C18H28N2O4. The van der Waals surface area contributed by atoms with Crippen LogP contribution >= 0.6 is 0 Å².